The number of phenols is 1. The highest BCUT2D eigenvalue weighted by Crippen LogP contribution is 2.22. The van der Waals surface area contributed by atoms with Crippen LogP contribution >= 0.6 is 11.8 Å². The molecule has 3 rings (SSSR count). The minimum absolute atomic E-state index is 0.121. The SMILES string of the molecule is Cc1cc(C)nc(SCc2ccc(C(=O)N/N=C/c3cc([N+](=O)[O-])ccc3O)cc2)n1. The Morgan fingerprint density at radius 2 is 1.84 bits per heavy atom. The van der Waals surface area contributed by atoms with Gasteiger partial charge in [-0.25, -0.2) is 15.4 Å². The zero-order chi connectivity index (χ0) is 22.4. The third-order valence-corrected chi connectivity index (χ3v) is 5.06. The van der Waals surface area contributed by atoms with Crippen molar-refractivity contribution in [2.24, 2.45) is 5.10 Å². The summed E-state index contributed by atoms with van der Waals surface area (Å²) in [5.74, 6) is 0.0332. The zero-order valence-corrected chi connectivity index (χ0v) is 17.6. The van der Waals surface area contributed by atoms with E-state index in [0.717, 1.165) is 29.2 Å². The number of nitro benzene ring substituents is 1. The number of rotatable bonds is 7. The molecule has 2 aromatic carbocycles. The number of carbonyl (C=O) groups is 1. The van der Waals surface area contributed by atoms with Crippen LogP contribution in [0.1, 0.15) is 32.9 Å². The fourth-order valence-corrected chi connectivity index (χ4v) is 3.55. The molecule has 0 saturated carbocycles. The van der Waals surface area contributed by atoms with E-state index in [1.165, 1.54) is 23.9 Å². The van der Waals surface area contributed by atoms with Gasteiger partial charge in [-0.15, -0.1) is 0 Å². The van der Waals surface area contributed by atoms with Gasteiger partial charge in [-0.2, -0.15) is 5.10 Å². The van der Waals surface area contributed by atoms with Gasteiger partial charge in [0.25, 0.3) is 11.6 Å². The molecule has 3 aromatic rings. The first-order valence-electron chi connectivity index (χ1n) is 9.16. The highest BCUT2D eigenvalue weighted by molar-refractivity contribution is 7.98. The Morgan fingerprint density at radius 3 is 2.48 bits per heavy atom. The standard InChI is InChI=1S/C21H19N5O4S/c1-13-9-14(2)24-21(23-13)31-12-15-3-5-16(6-4-15)20(28)25-22-11-17-10-18(26(29)30)7-8-19(17)27/h3-11,27H,12H2,1-2H3,(H,25,28)/b22-11+. The Kier molecular flexibility index (Phi) is 6.93. The highest BCUT2D eigenvalue weighted by Gasteiger charge is 2.09. The third kappa shape index (κ3) is 6.09. The Bertz CT molecular complexity index is 1130. The van der Waals surface area contributed by atoms with Crippen molar-refractivity contribution < 1.29 is 14.8 Å². The smallest absolute Gasteiger partial charge is 0.271 e. The quantitative estimate of drug-likeness (QED) is 0.189. The van der Waals surface area contributed by atoms with Crippen molar-refractivity contribution in [1.29, 1.82) is 0 Å². The number of thioether (sulfide) groups is 1. The van der Waals surface area contributed by atoms with Gasteiger partial charge in [-0.1, -0.05) is 23.9 Å². The van der Waals surface area contributed by atoms with Crippen molar-refractivity contribution in [3.05, 3.63) is 86.7 Å². The lowest BCUT2D eigenvalue weighted by Crippen LogP contribution is -2.17. The first kappa shape index (κ1) is 21.9. The minimum atomic E-state index is -0.582. The van der Waals surface area contributed by atoms with Gasteiger partial charge in [-0.3, -0.25) is 14.9 Å². The summed E-state index contributed by atoms with van der Waals surface area (Å²) >= 11 is 1.51. The molecule has 0 bridgehead atoms. The number of hydrogen-bond donors (Lipinski definition) is 2. The van der Waals surface area contributed by atoms with Crippen molar-refractivity contribution in [2.45, 2.75) is 24.8 Å². The molecule has 2 N–H and O–H groups in total. The second-order valence-electron chi connectivity index (χ2n) is 6.62. The summed E-state index contributed by atoms with van der Waals surface area (Å²) in [7, 11) is 0. The van der Waals surface area contributed by atoms with Crippen molar-refractivity contribution in [3.63, 3.8) is 0 Å². The lowest BCUT2D eigenvalue weighted by atomic mass is 10.1. The Balaban J connectivity index is 1.58. The van der Waals surface area contributed by atoms with E-state index in [-0.39, 0.29) is 17.0 Å². The Morgan fingerprint density at radius 1 is 1.16 bits per heavy atom. The average molecular weight is 437 g/mol. The van der Waals surface area contributed by atoms with Crippen molar-refractivity contribution >= 4 is 29.6 Å². The van der Waals surface area contributed by atoms with Crippen molar-refractivity contribution in [1.82, 2.24) is 15.4 Å². The maximum atomic E-state index is 12.2. The molecule has 0 unspecified atom stereocenters. The summed E-state index contributed by atoms with van der Waals surface area (Å²) in [6.07, 6.45) is 1.15. The second kappa shape index (κ2) is 9.81. The van der Waals surface area contributed by atoms with Crippen LogP contribution in [-0.2, 0) is 5.75 Å². The van der Waals surface area contributed by atoms with Crippen LogP contribution in [0.4, 0.5) is 5.69 Å². The van der Waals surface area contributed by atoms with Gasteiger partial charge < -0.3 is 5.11 Å². The molecule has 1 amide bonds. The van der Waals surface area contributed by atoms with Crippen molar-refractivity contribution in [2.75, 3.05) is 0 Å². The van der Waals surface area contributed by atoms with Crippen LogP contribution in [0.2, 0.25) is 0 Å². The number of hydrazone groups is 1. The number of benzene rings is 2. The van der Waals surface area contributed by atoms with E-state index in [4.69, 9.17) is 0 Å². The van der Waals surface area contributed by atoms with Crippen molar-refractivity contribution in [3.8, 4) is 5.75 Å². The number of nitro groups is 1. The predicted molar refractivity (Wildman–Crippen MR) is 117 cm³/mol. The monoisotopic (exact) mass is 437 g/mol. The van der Waals surface area contributed by atoms with Crippen LogP contribution in [0.3, 0.4) is 0 Å². The second-order valence-corrected chi connectivity index (χ2v) is 7.56. The molecule has 0 spiro atoms. The number of non-ortho nitro benzene ring substituents is 1. The number of nitrogens with zero attached hydrogens (tertiary/aromatic N) is 4. The zero-order valence-electron chi connectivity index (χ0n) is 16.8. The maximum Gasteiger partial charge on any atom is 0.271 e. The van der Waals surface area contributed by atoms with E-state index in [1.807, 2.05) is 32.0 Å². The van der Waals surface area contributed by atoms with E-state index >= 15 is 0 Å². The number of aryl methyl sites for hydroxylation is 2. The number of aromatic nitrogens is 2. The fraction of sp³-hybridized carbons (Fsp3) is 0.143. The van der Waals surface area contributed by atoms with Crippen LogP contribution < -0.4 is 5.43 Å². The number of amides is 1. The third-order valence-electron chi connectivity index (χ3n) is 4.14. The van der Waals surface area contributed by atoms with E-state index in [0.29, 0.717) is 16.5 Å². The lowest BCUT2D eigenvalue weighted by molar-refractivity contribution is -0.384. The maximum absolute atomic E-state index is 12.2. The van der Waals surface area contributed by atoms with Crippen LogP contribution in [0.25, 0.3) is 0 Å². The molecule has 0 aliphatic carbocycles. The summed E-state index contributed by atoms with van der Waals surface area (Å²) in [5.41, 5.74) is 5.51. The number of aromatic hydroxyl groups is 1. The van der Waals surface area contributed by atoms with E-state index in [1.54, 1.807) is 12.1 Å². The minimum Gasteiger partial charge on any atom is -0.507 e. The van der Waals surface area contributed by atoms with E-state index in [2.05, 4.69) is 20.5 Å². The highest BCUT2D eigenvalue weighted by atomic mass is 32.2. The molecular formula is C21H19N5O4S. The summed E-state index contributed by atoms with van der Waals surface area (Å²) in [5, 5.41) is 25.0. The van der Waals surface area contributed by atoms with Gasteiger partial charge >= 0.3 is 0 Å². The summed E-state index contributed by atoms with van der Waals surface area (Å²) in [4.78, 5) is 31.3. The molecule has 158 valence electrons. The molecule has 0 fully saturated rings. The molecule has 0 radical (unpaired) electrons. The topological polar surface area (TPSA) is 131 Å². The van der Waals surface area contributed by atoms with Gasteiger partial charge in [0.05, 0.1) is 11.1 Å². The van der Waals surface area contributed by atoms with Gasteiger partial charge in [0.1, 0.15) is 5.75 Å². The van der Waals surface area contributed by atoms with Gasteiger partial charge in [-0.05, 0) is 43.7 Å². The summed E-state index contributed by atoms with van der Waals surface area (Å²) in [6, 6.07) is 12.5. The molecule has 9 nitrogen and oxygen atoms in total. The molecule has 0 aliphatic rings. The molecule has 10 heteroatoms. The van der Waals surface area contributed by atoms with Gasteiger partial charge in [0, 0.05) is 40.4 Å². The summed E-state index contributed by atoms with van der Waals surface area (Å²) in [6.45, 7) is 3.85. The van der Waals surface area contributed by atoms with Crippen LogP contribution in [-0.4, -0.2) is 32.1 Å². The number of nitrogens with one attached hydrogen (secondary N) is 1. The first-order valence-corrected chi connectivity index (χ1v) is 10.2. The lowest BCUT2D eigenvalue weighted by Gasteiger charge is -2.05. The van der Waals surface area contributed by atoms with Crippen LogP contribution in [0.5, 0.6) is 5.75 Å². The predicted octanol–water partition coefficient (Wildman–Crippen LogP) is 3.76. The van der Waals surface area contributed by atoms with Crippen LogP contribution in [0, 0.1) is 24.0 Å². The van der Waals surface area contributed by atoms with E-state index < -0.39 is 10.8 Å². The molecule has 0 atom stereocenters. The van der Waals surface area contributed by atoms with Gasteiger partial charge in [0.2, 0.25) is 0 Å². The number of hydrogen-bond acceptors (Lipinski definition) is 8. The van der Waals surface area contributed by atoms with Crippen LogP contribution in [0.15, 0.2) is 58.8 Å². The molecule has 31 heavy (non-hydrogen) atoms. The van der Waals surface area contributed by atoms with Gasteiger partial charge in [0.15, 0.2) is 5.16 Å². The molecular weight excluding hydrogens is 418 g/mol. The Labute approximate surface area is 182 Å². The van der Waals surface area contributed by atoms with E-state index in [9.17, 15) is 20.0 Å². The molecule has 0 aliphatic heterocycles. The molecule has 1 heterocycles. The first-order chi connectivity index (χ1) is 14.8. The molecule has 1 aromatic heterocycles. The number of phenolic OH excluding ortho intramolecular Hbond substituents is 1. The molecule has 0 saturated heterocycles. The fourth-order valence-electron chi connectivity index (χ4n) is 2.64. The number of carbonyl (C=O) groups excluding carboxylic acids is 1. The summed E-state index contributed by atoms with van der Waals surface area (Å²) < 4.78 is 0. The average Bonchev–Trinajstić information content (AvgIpc) is 2.73. The Hall–Kier alpha value is -3.79. The normalized spacial score (nSPS) is 10.9. The largest absolute Gasteiger partial charge is 0.507 e.